The van der Waals surface area contributed by atoms with Gasteiger partial charge in [0.25, 0.3) is 0 Å². The van der Waals surface area contributed by atoms with Gasteiger partial charge in [0, 0.05) is 0 Å². The van der Waals surface area contributed by atoms with Crippen molar-refractivity contribution in [3.8, 4) is 17.2 Å². The lowest BCUT2D eigenvalue weighted by Gasteiger charge is -2.08. The molecular formula is C14H16N2O2. The maximum Gasteiger partial charge on any atom is 0.165 e. The Kier molecular flexibility index (Phi) is 2.92. The molecule has 0 saturated heterocycles. The van der Waals surface area contributed by atoms with Crippen LogP contribution in [0.4, 0.5) is 0 Å². The molecule has 1 aromatic heterocycles. The van der Waals surface area contributed by atoms with Crippen LogP contribution in [0.2, 0.25) is 0 Å². The van der Waals surface area contributed by atoms with E-state index in [1.807, 2.05) is 10.9 Å². The van der Waals surface area contributed by atoms with Crippen LogP contribution < -0.4 is 4.74 Å². The van der Waals surface area contributed by atoms with Gasteiger partial charge in [-0.25, -0.2) is 0 Å². The second-order valence-electron chi connectivity index (χ2n) is 4.69. The molecule has 0 bridgehead atoms. The normalized spacial score (nSPS) is 16.0. The number of phenols is 1. The Labute approximate surface area is 106 Å². The van der Waals surface area contributed by atoms with E-state index in [-0.39, 0.29) is 5.75 Å². The van der Waals surface area contributed by atoms with Gasteiger partial charge in [-0.2, -0.15) is 5.10 Å². The fourth-order valence-electron chi connectivity index (χ4n) is 2.39. The molecule has 1 aromatic carbocycles. The van der Waals surface area contributed by atoms with Gasteiger partial charge < -0.3 is 9.84 Å². The summed E-state index contributed by atoms with van der Waals surface area (Å²) in [5.74, 6) is 1.69. The van der Waals surface area contributed by atoms with Gasteiger partial charge in [-0.15, -0.1) is 0 Å². The number of phenolic OH excluding ortho intramolecular Hbond substituents is 1. The first-order valence-corrected chi connectivity index (χ1v) is 6.32. The number of aromatic nitrogens is 2. The van der Waals surface area contributed by atoms with Gasteiger partial charge >= 0.3 is 0 Å². The fourth-order valence-corrected chi connectivity index (χ4v) is 2.39. The highest BCUT2D eigenvalue weighted by Gasteiger charge is 2.17. The average molecular weight is 244 g/mol. The predicted molar refractivity (Wildman–Crippen MR) is 67.9 cm³/mol. The molecule has 0 aliphatic heterocycles. The monoisotopic (exact) mass is 244 g/mol. The smallest absolute Gasteiger partial charge is 0.165 e. The summed E-state index contributed by atoms with van der Waals surface area (Å²) in [7, 11) is 0. The minimum atomic E-state index is 0.240. The maximum absolute atomic E-state index is 9.20. The van der Waals surface area contributed by atoms with Crippen LogP contribution in [0, 0.1) is 0 Å². The maximum atomic E-state index is 9.20. The Hall–Kier alpha value is -1.97. The first kappa shape index (κ1) is 11.1. The number of ether oxygens (including phenoxy) is 1. The largest absolute Gasteiger partial charge is 0.508 e. The summed E-state index contributed by atoms with van der Waals surface area (Å²) in [4.78, 5) is 0. The van der Waals surface area contributed by atoms with E-state index in [1.165, 1.54) is 25.7 Å². The van der Waals surface area contributed by atoms with Crippen LogP contribution >= 0.6 is 0 Å². The minimum Gasteiger partial charge on any atom is -0.508 e. The predicted octanol–water partition coefficient (Wildman–Crippen LogP) is 3.50. The third kappa shape index (κ3) is 2.32. The number of benzene rings is 1. The van der Waals surface area contributed by atoms with Gasteiger partial charge in [0.15, 0.2) is 5.75 Å². The summed E-state index contributed by atoms with van der Waals surface area (Å²) in [5.41, 5.74) is 0. The molecule has 0 amide bonds. The van der Waals surface area contributed by atoms with Crippen LogP contribution in [-0.4, -0.2) is 14.9 Å². The molecule has 4 heteroatoms. The van der Waals surface area contributed by atoms with Gasteiger partial charge in [0.1, 0.15) is 11.5 Å². The molecule has 1 aliphatic rings. The van der Waals surface area contributed by atoms with Crippen LogP contribution in [0.25, 0.3) is 0 Å². The molecular weight excluding hydrogens is 228 g/mol. The Balaban J connectivity index is 1.71. The Morgan fingerprint density at radius 2 is 1.83 bits per heavy atom. The van der Waals surface area contributed by atoms with Crippen LogP contribution in [0.3, 0.4) is 0 Å². The molecule has 0 radical (unpaired) electrons. The molecule has 18 heavy (non-hydrogen) atoms. The van der Waals surface area contributed by atoms with Gasteiger partial charge in [-0.05, 0) is 37.1 Å². The molecule has 1 fully saturated rings. The van der Waals surface area contributed by atoms with Gasteiger partial charge in [0.2, 0.25) is 0 Å². The highest BCUT2D eigenvalue weighted by Crippen LogP contribution is 2.30. The molecule has 0 spiro atoms. The van der Waals surface area contributed by atoms with E-state index in [2.05, 4.69) is 5.10 Å². The lowest BCUT2D eigenvalue weighted by Crippen LogP contribution is -2.04. The number of nitrogens with zero attached hydrogens (tertiary/aromatic N) is 2. The number of hydrogen-bond donors (Lipinski definition) is 1. The summed E-state index contributed by atoms with van der Waals surface area (Å²) in [6.45, 7) is 0. The van der Waals surface area contributed by atoms with Gasteiger partial charge in [-0.3, -0.25) is 4.68 Å². The zero-order valence-electron chi connectivity index (χ0n) is 10.1. The summed E-state index contributed by atoms with van der Waals surface area (Å²) in [5, 5.41) is 13.6. The van der Waals surface area contributed by atoms with E-state index in [9.17, 15) is 5.11 Å². The zero-order chi connectivity index (χ0) is 12.4. The van der Waals surface area contributed by atoms with E-state index in [4.69, 9.17) is 4.74 Å². The molecule has 4 nitrogen and oxygen atoms in total. The summed E-state index contributed by atoms with van der Waals surface area (Å²) < 4.78 is 7.68. The van der Waals surface area contributed by atoms with Gasteiger partial charge in [0.05, 0.1) is 18.4 Å². The molecule has 1 saturated carbocycles. The van der Waals surface area contributed by atoms with Crippen LogP contribution in [0.1, 0.15) is 31.7 Å². The van der Waals surface area contributed by atoms with Crippen molar-refractivity contribution in [3.05, 3.63) is 36.7 Å². The number of rotatable bonds is 3. The van der Waals surface area contributed by atoms with Crippen molar-refractivity contribution in [2.45, 2.75) is 31.7 Å². The standard InChI is InChI=1S/C14H16N2O2/c17-12-5-7-13(8-6-12)18-14-9-15-16(10-14)11-3-1-2-4-11/h5-11,17H,1-4H2. The number of aromatic hydroxyl groups is 1. The van der Waals surface area contributed by atoms with Crippen molar-refractivity contribution in [2.75, 3.05) is 0 Å². The van der Waals surface area contributed by atoms with E-state index in [0.717, 1.165) is 5.75 Å². The van der Waals surface area contributed by atoms with Crippen molar-refractivity contribution in [2.24, 2.45) is 0 Å². The Bertz CT molecular complexity index is 513. The molecule has 1 N–H and O–H groups in total. The highest BCUT2D eigenvalue weighted by atomic mass is 16.5. The second-order valence-corrected chi connectivity index (χ2v) is 4.69. The van der Waals surface area contributed by atoms with Gasteiger partial charge in [-0.1, -0.05) is 12.8 Å². The molecule has 1 heterocycles. The van der Waals surface area contributed by atoms with Crippen LogP contribution in [-0.2, 0) is 0 Å². The van der Waals surface area contributed by atoms with Crippen LogP contribution in [0.15, 0.2) is 36.7 Å². The first-order chi connectivity index (χ1) is 8.81. The van der Waals surface area contributed by atoms with Crippen molar-refractivity contribution in [3.63, 3.8) is 0 Å². The summed E-state index contributed by atoms with van der Waals surface area (Å²) in [6.07, 6.45) is 8.69. The van der Waals surface area contributed by atoms with E-state index < -0.39 is 0 Å². The van der Waals surface area contributed by atoms with E-state index in [0.29, 0.717) is 11.8 Å². The summed E-state index contributed by atoms with van der Waals surface area (Å²) >= 11 is 0. The first-order valence-electron chi connectivity index (χ1n) is 6.32. The average Bonchev–Trinajstić information content (AvgIpc) is 3.02. The zero-order valence-corrected chi connectivity index (χ0v) is 10.1. The SMILES string of the molecule is Oc1ccc(Oc2cnn(C3CCCC3)c2)cc1. The van der Waals surface area contributed by atoms with Crippen molar-refractivity contribution >= 4 is 0 Å². The minimum absolute atomic E-state index is 0.240. The molecule has 2 aromatic rings. The lowest BCUT2D eigenvalue weighted by atomic mass is 10.3. The molecule has 3 rings (SSSR count). The van der Waals surface area contributed by atoms with E-state index >= 15 is 0 Å². The third-order valence-electron chi connectivity index (χ3n) is 3.35. The highest BCUT2D eigenvalue weighted by molar-refractivity contribution is 5.33. The summed E-state index contributed by atoms with van der Waals surface area (Å²) in [6, 6.07) is 7.22. The van der Waals surface area contributed by atoms with Crippen molar-refractivity contribution in [1.82, 2.24) is 9.78 Å². The molecule has 94 valence electrons. The molecule has 1 aliphatic carbocycles. The van der Waals surface area contributed by atoms with E-state index in [1.54, 1.807) is 30.5 Å². The Morgan fingerprint density at radius 3 is 2.56 bits per heavy atom. The second kappa shape index (κ2) is 4.72. The topological polar surface area (TPSA) is 47.3 Å². The van der Waals surface area contributed by atoms with Crippen molar-refractivity contribution in [1.29, 1.82) is 0 Å². The lowest BCUT2D eigenvalue weighted by molar-refractivity contribution is 0.453. The third-order valence-corrected chi connectivity index (χ3v) is 3.35. The molecule has 0 unspecified atom stereocenters. The van der Waals surface area contributed by atoms with Crippen LogP contribution in [0.5, 0.6) is 17.2 Å². The number of hydrogen-bond acceptors (Lipinski definition) is 3. The molecule has 0 atom stereocenters. The quantitative estimate of drug-likeness (QED) is 0.898. The Morgan fingerprint density at radius 1 is 1.11 bits per heavy atom. The fraction of sp³-hybridized carbons (Fsp3) is 0.357. The van der Waals surface area contributed by atoms with Crippen molar-refractivity contribution < 1.29 is 9.84 Å².